The van der Waals surface area contributed by atoms with Crippen molar-refractivity contribution < 1.29 is 19.1 Å². The molecule has 0 aliphatic heterocycles. The fraction of sp³-hybridized carbons (Fsp3) is 0.292. The first-order chi connectivity index (χ1) is 15.5. The SMILES string of the molecule is COc1cc(C(C)NC(=O)CC(NC(C)=O)c2cccs2)ccc1OCc1ccncc1. The van der Waals surface area contributed by atoms with Crippen molar-refractivity contribution in [1.82, 2.24) is 15.6 Å². The number of amides is 2. The largest absolute Gasteiger partial charge is 0.493 e. The summed E-state index contributed by atoms with van der Waals surface area (Å²) in [4.78, 5) is 29.2. The number of hydrogen-bond acceptors (Lipinski definition) is 6. The Balaban J connectivity index is 1.62. The van der Waals surface area contributed by atoms with Crippen LogP contribution in [0.1, 0.15) is 48.4 Å². The summed E-state index contributed by atoms with van der Waals surface area (Å²) in [6.45, 7) is 3.76. The maximum atomic E-state index is 12.7. The van der Waals surface area contributed by atoms with Crippen molar-refractivity contribution in [1.29, 1.82) is 0 Å². The molecule has 0 bridgehead atoms. The van der Waals surface area contributed by atoms with Gasteiger partial charge in [-0.15, -0.1) is 11.3 Å². The van der Waals surface area contributed by atoms with Crippen LogP contribution in [0, 0.1) is 0 Å². The minimum atomic E-state index is -0.349. The highest BCUT2D eigenvalue weighted by atomic mass is 32.1. The highest BCUT2D eigenvalue weighted by Crippen LogP contribution is 2.31. The summed E-state index contributed by atoms with van der Waals surface area (Å²) in [6.07, 6.45) is 3.60. The van der Waals surface area contributed by atoms with E-state index in [0.717, 1.165) is 16.0 Å². The van der Waals surface area contributed by atoms with Crippen LogP contribution in [0.25, 0.3) is 0 Å². The van der Waals surface area contributed by atoms with E-state index in [4.69, 9.17) is 9.47 Å². The molecule has 2 aromatic heterocycles. The molecule has 0 radical (unpaired) electrons. The van der Waals surface area contributed by atoms with Crippen LogP contribution >= 0.6 is 11.3 Å². The Hall–Kier alpha value is -3.39. The van der Waals surface area contributed by atoms with Crippen LogP contribution in [0.5, 0.6) is 11.5 Å². The lowest BCUT2D eigenvalue weighted by Crippen LogP contribution is -2.33. The molecule has 7 nitrogen and oxygen atoms in total. The third-order valence-electron chi connectivity index (χ3n) is 4.86. The molecule has 2 unspecified atom stereocenters. The molecular formula is C24H27N3O4S. The van der Waals surface area contributed by atoms with Gasteiger partial charge in [-0.25, -0.2) is 0 Å². The molecule has 32 heavy (non-hydrogen) atoms. The van der Waals surface area contributed by atoms with Crippen LogP contribution in [-0.4, -0.2) is 23.9 Å². The molecule has 0 aliphatic rings. The molecule has 0 fully saturated rings. The van der Waals surface area contributed by atoms with Crippen molar-refractivity contribution in [3.63, 3.8) is 0 Å². The summed E-state index contributed by atoms with van der Waals surface area (Å²) < 4.78 is 11.4. The lowest BCUT2D eigenvalue weighted by Gasteiger charge is -2.20. The first-order valence-electron chi connectivity index (χ1n) is 10.3. The van der Waals surface area contributed by atoms with Gasteiger partial charge >= 0.3 is 0 Å². The Morgan fingerprint density at radius 2 is 1.88 bits per heavy atom. The van der Waals surface area contributed by atoms with E-state index in [1.165, 1.54) is 18.3 Å². The van der Waals surface area contributed by atoms with Crippen LogP contribution < -0.4 is 20.1 Å². The Labute approximate surface area is 191 Å². The summed E-state index contributed by atoms with van der Waals surface area (Å²) in [5.41, 5.74) is 1.89. The van der Waals surface area contributed by atoms with E-state index in [9.17, 15) is 9.59 Å². The van der Waals surface area contributed by atoms with Gasteiger partial charge in [0.15, 0.2) is 11.5 Å². The molecular weight excluding hydrogens is 426 g/mol. The number of thiophene rings is 1. The van der Waals surface area contributed by atoms with Gasteiger partial charge in [-0.3, -0.25) is 14.6 Å². The zero-order valence-electron chi connectivity index (χ0n) is 18.3. The van der Waals surface area contributed by atoms with Gasteiger partial charge < -0.3 is 20.1 Å². The second kappa shape index (κ2) is 11.3. The highest BCUT2D eigenvalue weighted by Gasteiger charge is 2.20. The fourth-order valence-electron chi connectivity index (χ4n) is 3.24. The van der Waals surface area contributed by atoms with Gasteiger partial charge in [0.25, 0.3) is 0 Å². The van der Waals surface area contributed by atoms with E-state index < -0.39 is 0 Å². The van der Waals surface area contributed by atoms with Crippen molar-refractivity contribution in [2.24, 2.45) is 0 Å². The van der Waals surface area contributed by atoms with E-state index >= 15 is 0 Å². The van der Waals surface area contributed by atoms with Crippen LogP contribution in [-0.2, 0) is 16.2 Å². The van der Waals surface area contributed by atoms with Crippen molar-refractivity contribution >= 4 is 23.2 Å². The number of benzene rings is 1. The van der Waals surface area contributed by atoms with E-state index in [0.29, 0.717) is 18.1 Å². The quantitative estimate of drug-likeness (QED) is 0.481. The Morgan fingerprint density at radius 3 is 2.53 bits per heavy atom. The number of pyridine rings is 1. The summed E-state index contributed by atoms with van der Waals surface area (Å²) in [6, 6.07) is 12.6. The minimum Gasteiger partial charge on any atom is -0.493 e. The number of rotatable bonds is 10. The molecule has 8 heteroatoms. The molecule has 2 amide bonds. The molecule has 2 heterocycles. The molecule has 3 rings (SSSR count). The third-order valence-corrected chi connectivity index (χ3v) is 5.85. The number of methoxy groups -OCH3 is 1. The van der Waals surface area contributed by atoms with Crippen LogP contribution in [0.3, 0.4) is 0 Å². The maximum Gasteiger partial charge on any atom is 0.222 e. The number of ether oxygens (including phenoxy) is 2. The van der Waals surface area contributed by atoms with Gasteiger partial charge in [-0.1, -0.05) is 12.1 Å². The van der Waals surface area contributed by atoms with Crippen LogP contribution in [0.2, 0.25) is 0 Å². The van der Waals surface area contributed by atoms with Crippen molar-refractivity contribution in [3.8, 4) is 11.5 Å². The second-order valence-electron chi connectivity index (χ2n) is 7.32. The number of aromatic nitrogens is 1. The van der Waals surface area contributed by atoms with Gasteiger partial charge in [0.1, 0.15) is 6.61 Å². The average molecular weight is 454 g/mol. The molecule has 1 aromatic carbocycles. The molecule has 3 aromatic rings. The smallest absolute Gasteiger partial charge is 0.222 e. The van der Waals surface area contributed by atoms with Gasteiger partial charge in [0.2, 0.25) is 11.8 Å². The standard InChI is InChI=1S/C24H27N3O4S/c1-16(26-24(29)14-20(27-17(2)28)23-5-4-12-32-23)19-6-7-21(22(13-19)30-3)31-15-18-8-10-25-11-9-18/h4-13,16,20H,14-15H2,1-3H3,(H,26,29)(H,27,28). The topological polar surface area (TPSA) is 89.6 Å². The lowest BCUT2D eigenvalue weighted by molar-refractivity contribution is -0.123. The van der Waals surface area contributed by atoms with E-state index in [1.807, 2.05) is 54.8 Å². The number of hydrogen-bond donors (Lipinski definition) is 2. The van der Waals surface area contributed by atoms with E-state index in [-0.39, 0.29) is 30.3 Å². The molecule has 0 aliphatic carbocycles. The highest BCUT2D eigenvalue weighted by molar-refractivity contribution is 7.10. The third kappa shape index (κ3) is 6.55. The molecule has 168 valence electrons. The predicted octanol–water partition coefficient (Wildman–Crippen LogP) is 4.18. The molecule has 2 N–H and O–H groups in total. The second-order valence-corrected chi connectivity index (χ2v) is 8.30. The van der Waals surface area contributed by atoms with Gasteiger partial charge in [-0.2, -0.15) is 0 Å². The fourth-order valence-corrected chi connectivity index (χ4v) is 4.02. The molecule has 0 spiro atoms. The van der Waals surface area contributed by atoms with Crippen LogP contribution in [0.15, 0.2) is 60.2 Å². The molecule has 0 saturated heterocycles. The van der Waals surface area contributed by atoms with Crippen molar-refractivity contribution in [2.75, 3.05) is 7.11 Å². The normalized spacial score (nSPS) is 12.5. The maximum absolute atomic E-state index is 12.7. The lowest BCUT2D eigenvalue weighted by atomic mass is 10.1. The zero-order chi connectivity index (χ0) is 22.9. The molecule has 0 saturated carbocycles. The number of nitrogens with zero attached hydrogens (tertiary/aromatic N) is 1. The number of carbonyl (C=O) groups is 2. The van der Waals surface area contributed by atoms with Crippen molar-refractivity contribution in [3.05, 3.63) is 76.2 Å². The Kier molecular flexibility index (Phi) is 8.21. The number of carbonyl (C=O) groups excluding carboxylic acids is 2. The molecule has 2 atom stereocenters. The minimum absolute atomic E-state index is 0.151. The Bertz CT molecular complexity index is 1020. The van der Waals surface area contributed by atoms with E-state index in [1.54, 1.807) is 19.5 Å². The van der Waals surface area contributed by atoms with Crippen molar-refractivity contribution in [2.45, 2.75) is 39.0 Å². The van der Waals surface area contributed by atoms with Gasteiger partial charge in [0, 0.05) is 24.2 Å². The summed E-state index contributed by atoms with van der Waals surface area (Å²) >= 11 is 1.51. The Morgan fingerprint density at radius 1 is 1.09 bits per heavy atom. The van der Waals surface area contributed by atoms with E-state index in [2.05, 4.69) is 15.6 Å². The first-order valence-corrected chi connectivity index (χ1v) is 11.1. The van der Waals surface area contributed by atoms with Crippen LogP contribution in [0.4, 0.5) is 0 Å². The van der Waals surface area contributed by atoms with Gasteiger partial charge in [0.05, 0.1) is 25.6 Å². The average Bonchev–Trinajstić information content (AvgIpc) is 3.32. The summed E-state index contributed by atoms with van der Waals surface area (Å²) in [5.74, 6) is 0.889. The predicted molar refractivity (Wildman–Crippen MR) is 124 cm³/mol. The number of nitrogens with one attached hydrogen (secondary N) is 2. The van der Waals surface area contributed by atoms with Gasteiger partial charge in [-0.05, 0) is 53.8 Å². The zero-order valence-corrected chi connectivity index (χ0v) is 19.1. The summed E-state index contributed by atoms with van der Waals surface area (Å²) in [5, 5.41) is 7.78. The summed E-state index contributed by atoms with van der Waals surface area (Å²) in [7, 11) is 1.58. The monoisotopic (exact) mass is 453 g/mol. The first kappa shape index (κ1) is 23.3.